The van der Waals surface area contributed by atoms with Gasteiger partial charge in [0.25, 0.3) is 0 Å². The Bertz CT molecular complexity index is 152. The van der Waals surface area contributed by atoms with Crippen LogP contribution in [0.2, 0.25) is 0 Å². The van der Waals surface area contributed by atoms with Crippen molar-refractivity contribution in [3.8, 4) is 0 Å². The predicted octanol–water partition coefficient (Wildman–Crippen LogP) is -3.18. The first kappa shape index (κ1) is 18.1. The Morgan fingerprint density at radius 2 is 0.769 bits per heavy atom. The molecule has 68 valence electrons. The van der Waals surface area contributed by atoms with Crippen molar-refractivity contribution in [3.05, 3.63) is 60.7 Å². The molecule has 0 heterocycles. The average molecular weight is 216 g/mol. The van der Waals surface area contributed by atoms with E-state index < -0.39 is 0 Å². The van der Waals surface area contributed by atoms with Gasteiger partial charge in [-0.1, -0.05) is 0 Å². The van der Waals surface area contributed by atoms with Crippen molar-refractivity contribution >= 4 is 0 Å². The van der Waals surface area contributed by atoms with Gasteiger partial charge in [0.15, 0.2) is 0 Å². The molecule has 0 unspecified atom stereocenters. The Labute approximate surface area is 91.9 Å². The monoisotopic (exact) mass is 216 g/mol. The van der Waals surface area contributed by atoms with Gasteiger partial charge < -0.3 is 9.41 Å². The molecule has 0 fully saturated rings. The molecule has 0 aromatic heterocycles. The molecule has 0 nitrogen and oxygen atoms in total. The van der Waals surface area contributed by atoms with Crippen LogP contribution in [0, 0.1) is 0 Å². The summed E-state index contributed by atoms with van der Waals surface area (Å²) >= 11 is 0. The molecule has 0 saturated heterocycles. The van der Waals surface area contributed by atoms with Crippen LogP contribution in [0.15, 0.2) is 60.7 Å². The van der Waals surface area contributed by atoms with Gasteiger partial charge in [-0.25, -0.2) is 24.3 Å². The molecule has 0 N–H and O–H groups in total. The van der Waals surface area contributed by atoms with Crippen molar-refractivity contribution in [2.24, 2.45) is 0 Å². The fraction of sp³-hybridized carbons (Fsp3) is 0. The third kappa shape index (κ3) is 11.3. The van der Waals surface area contributed by atoms with Crippen LogP contribution in [0.4, 0.5) is 0 Å². The van der Waals surface area contributed by atoms with Gasteiger partial charge in [-0.2, -0.15) is 36.4 Å². The van der Waals surface area contributed by atoms with Crippen molar-refractivity contribution in [1.82, 2.24) is 0 Å². The first-order valence-electron chi connectivity index (χ1n) is 3.33. The van der Waals surface area contributed by atoms with E-state index in [0.717, 1.165) is 0 Å². The average Bonchev–Trinajstić information content (AvgIpc) is 2.67. The van der Waals surface area contributed by atoms with Crippen LogP contribution in [0.3, 0.4) is 0 Å². The quantitative estimate of drug-likeness (QED) is 0.322. The predicted molar refractivity (Wildman–Crippen MR) is 44.1 cm³/mol. The van der Waals surface area contributed by atoms with Crippen LogP contribution in [-0.4, -0.2) is 0 Å². The topological polar surface area (TPSA) is 0 Å². The van der Waals surface area contributed by atoms with E-state index in [9.17, 15) is 0 Å². The van der Waals surface area contributed by atoms with Crippen LogP contribution in [0.5, 0.6) is 0 Å². The fourth-order valence-corrected chi connectivity index (χ4v) is 0.642. The van der Waals surface area contributed by atoms with Crippen LogP contribution in [0.1, 0.15) is 0 Å². The summed E-state index contributed by atoms with van der Waals surface area (Å²) in [5.41, 5.74) is 0. The van der Waals surface area contributed by atoms with Gasteiger partial charge in [-0.15, -0.1) is 0 Å². The zero-order chi connectivity index (χ0) is 7.07. The van der Waals surface area contributed by atoms with Crippen LogP contribution < -0.4 is 9.41 Å². The van der Waals surface area contributed by atoms with E-state index in [1.54, 1.807) is 0 Å². The molecule has 2 rings (SSSR count). The smallest absolute Gasteiger partial charge is 1.00 e. The largest absolute Gasteiger partial charge is 4.00 e. The minimum Gasteiger partial charge on any atom is -1.00 e. The zero-order valence-electron chi connectivity index (χ0n) is 7.03. The third-order valence-corrected chi connectivity index (χ3v) is 1.11. The maximum Gasteiger partial charge on any atom is 4.00 e. The van der Waals surface area contributed by atoms with E-state index in [1.807, 2.05) is 60.7 Å². The van der Waals surface area contributed by atoms with Gasteiger partial charge in [-0.05, 0) is 0 Å². The fourth-order valence-electron chi connectivity index (χ4n) is 0.642. The molecular weight excluding hydrogens is 206 g/mol. The summed E-state index contributed by atoms with van der Waals surface area (Å²) in [6.07, 6.45) is 0. The van der Waals surface area contributed by atoms with Crippen LogP contribution in [-0.2, 0) is 21.7 Å². The molecule has 0 aliphatic carbocycles. The van der Waals surface area contributed by atoms with Gasteiger partial charge in [0, 0.05) is 0 Å². The molecule has 0 aliphatic rings. The van der Waals surface area contributed by atoms with Crippen molar-refractivity contribution in [1.29, 1.82) is 0 Å². The van der Waals surface area contributed by atoms with Gasteiger partial charge in [0.2, 0.25) is 0 Å². The molecule has 2 aromatic rings. The summed E-state index contributed by atoms with van der Waals surface area (Å²) in [6, 6.07) is 20.0. The summed E-state index contributed by atoms with van der Waals surface area (Å²) in [5, 5.41) is 0. The summed E-state index contributed by atoms with van der Waals surface area (Å²) in [5.74, 6) is 0. The minimum atomic E-state index is 0. The maximum absolute atomic E-state index is 2.00. The molecule has 13 heavy (non-hydrogen) atoms. The Hall–Kier alpha value is -0.726. The van der Waals surface area contributed by atoms with Crippen molar-refractivity contribution in [3.63, 3.8) is 0 Å². The first-order chi connectivity index (χ1) is 5.00. The molecule has 0 bridgehead atoms. The Balaban J connectivity index is -0.000000125. The number of hydrogen-bond donors (Lipinski definition) is 0. The van der Waals surface area contributed by atoms with Gasteiger partial charge in [0.1, 0.15) is 0 Å². The second-order valence-electron chi connectivity index (χ2n) is 1.92. The third-order valence-electron chi connectivity index (χ3n) is 1.11. The van der Waals surface area contributed by atoms with E-state index >= 15 is 0 Å². The summed E-state index contributed by atoms with van der Waals surface area (Å²) < 4.78 is 0. The molecular formula is C10H10F2Ti. The summed E-state index contributed by atoms with van der Waals surface area (Å²) in [4.78, 5) is 0. The molecule has 0 atom stereocenters. The van der Waals surface area contributed by atoms with E-state index in [-0.39, 0.29) is 31.1 Å². The van der Waals surface area contributed by atoms with Gasteiger partial charge >= 0.3 is 21.7 Å². The Morgan fingerprint density at radius 3 is 0.846 bits per heavy atom. The van der Waals surface area contributed by atoms with Crippen LogP contribution in [0.25, 0.3) is 0 Å². The standard InChI is InChI=1S/2C5H5.2FH.Ti/c2*1-2-4-5-3-1;;;/h2*1-5H;2*1H;/q2*-1;;;+4/p-2. The maximum atomic E-state index is 2.00. The Kier molecular flexibility index (Phi) is 19.3. The molecule has 0 radical (unpaired) electrons. The van der Waals surface area contributed by atoms with Crippen LogP contribution >= 0.6 is 0 Å². The Morgan fingerprint density at radius 1 is 0.538 bits per heavy atom. The van der Waals surface area contributed by atoms with E-state index in [2.05, 4.69) is 0 Å². The summed E-state index contributed by atoms with van der Waals surface area (Å²) in [7, 11) is 0. The molecule has 2 aromatic carbocycles. The minimum absolute atomic E-state index is 0. The first-order valence-corrected chi connectivity index (χ1v) is 3.33. The number of halogens is 2. The summed E-state index contributed by atoms with van der Waals surface area (Å²) in [6.45, 7) is 0. The second kappa shape index (κ2) is 13.8. The van der Waals surface area contributed by atoms with Crippen molar-refractivity contribution < 1.29 is 31.1 Å². The number of rotatable bonds is 0. The number of hydrogen-bond acceptors (Lipinski definition) is 0. The van der Waals surface area contributed by atoms with E-state index in [4.69, 9.17) is 0 Å². The van der Waals surface area contributed by atoms with Gasteiger partial charge in [0.05, 0.1) is 0 Å². The zero-order valence-corrected chi connectivity index (χ0v) is 8.59. The van der Waals surface area contributed by atoms with Gasteiger partial charge in [-0.3, -0.25) is 0 Å². The molecule has 0 spiro atoms. The normalized spacial score (nSPS) is 6.15. The molecule has 0 amide bonds. The second-order valence-corrected chi connectivity index (χ2v) is 1.92. The SMILES string of the molecule is [F-].[F-].[Ti+4].c1cc[cH-]c1.c1cc[cH-]c1. The van der Waals surface area contributed by atoms with E-state index in [1.165, 1.54) is 0 Å². The molecule has 0 saturated carbocycles. The molecule has 3 heteroatoms. The van der Waals surface area contributed by atoms with Crippen molar-refractivity contribution in [2.75, 3.05) is 0 Å². The molecule has 0 aliphatic heterocycles. The van der Waals surface area contributed by atoms with E-state index in [0.29, 0.717) is 0 Å². The van der Waals surface area contributed by atoms with Crippen molar-refractivity contribution in [2.45, 2.75) is 0 Å².